The SMILES string of the molecule is Cc1ccc(C2CC2COc2nc(C)ncc2-c2ccc(C(C)(C)O)nc2)nc1. The molecule has 0 saturated heterocycles. The van der Waals surface area contributed by atoms with Crippen LogP contribution in [0.4, 0.5) is 0 Å². The van der Waals surface area contributed by atoms with Crippen molar-refractivity contribution in [2.75, 3.05) is 6.61 Å². The molecule has 0 spiro atoms. The molecule has 2 atom stereocenters. The van der Waals surface area contributed by atoms with Crippen LogP contribution in [-0.4, -0.2) is 31.6 Å². The fraction of sp³-hybridized carbons (Fsp3) is 0.391. The number of rotatable bonds is 6. The second kappa shape index (κ2) is 7.52. The first-order valence-corrected chi connectivity index (χ1v) is 9.89. The molecule has 3 aromatic heterocycles. The summed E-state index contributed by atoms with van der Waals surface area (Å²) in [6.45, 7) is 7.93. The molecule has 0 amide bonds. The Balaban J connectivity index is 1.48. The van der Waals surface area contributed by atoms with Crippen molar-refractivity contribution in [1.82, 2.24) is 19.9 Å². The second-order valence-electron chi connectivity index (χ2n) is 8.30. The van der Waals surface area contributed by atoms with Crippen molar-refractivity contribution in [2.45, 2.75) is 45.6 Å². The van der Waals surface area contributed by atoms with Crippen LogP contribution in [-0.2, 0) is 5.60 Å². The first-order valence-electron chi connectivity index (χ1n) is 9.89. The number of aryl methyl sites for hydroxylation is 2. The van der Waals surface area contributed by atoms with Gasteiger partial charge in [0, 0.05) is 41.7 Å². The molecule has 1 aliphatic carbocycles. The molecule has 1 aliphatic rings. The van der Waals surface area contributed by atoms with Gasteiger partial charge in [-0.1, -0.05) is 12.1 Å². The molecule has 1 N–H and O–H groups in total. The van der Waals surface area contributed by atoms with Gasteiger partial charge in [0.25, 0.3) is 0 Å². The number of hydrogen-bond acceptors (Lipinski definition) is 6. The molecule has 0 aromatic carbocycles. The zero-order valence-corrected chi connectivity index (χ0v) is 17.3. The van der Waals surface area contributed by atoms with E-state index in [4.69, 9.17) is 4.74 Å². The van der Waals surface area contributed by atoms with Crippen molar-refractivity contribution in [1.29, 1.82) is 0 Å². The molecule has 1 fully saturated rings. The Kier molecular flexibility index (Phi) is 5.04. The molecule has 0 aliphatic heterocycles. The van der Waals surface area contributed by atoms with Crippen molar-refractivity contribution >= 4 is 0 Å². The molecule has 3 heterocycles. The lowest BCUT2D eigenvalue weighted by atomic mass is 10.0. The summed E-state index contributed by atoms with van der Waals surface area (Å²) in [5.41, 5.74) is 3.61. The number of nitrogens with zero attached hydrogens (tertiary/aromatic N) is 4. The van der Waals surface area contributed by atoms with Crippen LogP contribution in [0.5, 0.6) is 5.88 Å². The van der Waals surface area contributed by atoms with Crippen molar-refractivity contribution in [3.8, 4) is 17.0 Å². The molecule has 29 heavy (non-hydrogen) atoms. The third kappa shape index (κ3) is 4.43. The minimum atomic E-state index is -0.980. The zero-order valence-electron chi connectivity index (χ0n) is 17.3. The number of aliphatic hydroxyl groups is 1. The van der Waals surface area contributed by atoms with Crippen LogP contribution >= 0.6 is 0 Å². The molecule has 3 aromatic rings. The average Bonchev–Trinajstić information content (AvgIpc) is 3.46. The third-order valence-electron chi connectivity index (χ3n) is 5.25. The van der Waals surface area contributed by atoms with Crippen LogP contribution in [0, 0.1) is 19.8 Å². The van der Waals surface area contributed by atoms with Gasteiger partial charge in [-0.3, -0.25) is 9.97 Å². The van der Waals surface area contributed by atoms with Crippen LogP contribution < -0.4 is 4.74 Å². The Morgan fingerprint density at radius 3 is 2.52 bits per heavy atom. The Bertz CT molecular complexity index is 995. The molecule has 150 valence electrons. The maximum absolute atomic E-state index is 10.1. The van der Waals surface area contributed by atoms with E-state index in [2.05, 4.69) is 32.1 Å². The van der Waals surface area contributed by atoms with E-state index in [1.807, 2.05) is 32.2 Å². The van der Waals surface area contributed by atoms with Crippen LogP contribution in [0.15, 0.2) is 42.9 Å². The molecule has 6 nitrogen and oxygen atoms in total. The summed E-state index contributed by atoms with van der Waals surface area (Å²) >= 11 is 0. The fourth-order valence-electron chi connectivity index (χ4n) is 3.35. The largest absolute Gasteiger partial charge is 0.477 e. The highest BCUT2D eigenvalue weighted by molar-refractivity contribution is 5.67. The van der Waals surface area contributed by atoms with E-state index in [1.165, 1.54) is 5.56 Å². The molecule has 0 radical (unpaired) electrons. The predicted octanol–water partition coefficient (Wildman–Crippen LogP) is 3.96. The maximum Gasteiger partial charge on any atom is 0.224 e. The Morgan fingerprint density at radius 2 is 1.86 bits per heavy atom. The monoisotopic (exact) mass is 390 g/mol. The van der Waals surface area contributed by atoms with Crippen molar-refractivity contribution in [3.05, 3.63) is 65.6 Å². The first kappa shape index (κ1) is 19.5. The van der Waals surface area contributed by atoms with Crippen LogP contribution in [0.1, 0.15) is 49.0 Å². The van der Waals surface area contributed by atoms with Gasteiger partial charge in [0.2, 0.25) is 5.88 Å². The predicted molar refractivity (Wildman–Crippen MR) is 111 cm³/mol. The van der Waals surface area contributed by atoms with Gasteiger partial charge in [-0.05, 0) is 51.8 Å². The third-order valence-corrected chi connectivity index (χ3v) is 5.25. The van der Waals surface area contributed by atoms with Gasteiger partial charge in [-0.15, -0.1) is 0 Å². The number of aromatic nitrogens is 4. The molecular formula is C23H26N4O2. The normalized spacial score (nSPS) is 18.5. The number of ether oxygens (including phenoxy) is 1. The Morgan fingerprint density at radius 1 is 1.03 bits per heavy atom. The smallest absolute Gasteiger partial charge is 0.224 e. The van der Waals surface area contributed by atoms with Gasteiger partial charge >= 0.3 is 0 Å². The van der Waals surface area contributed by atoms with E-state index in [1.54, 1.807) is 26.2 Å². The molecule has 6 heteroatoms. The zero-order chi connectivity index (χ0) is 20.6. The van der Waals surface area contributed by atoms with Crippen molar-refractivity contribution < 1.29 is 9.84 Å². The Labute approximate surface area is 171 Å². The summed E-state index contributed by atoms with van der Waals surface area (Å²) in [7, 11) is 0. The van der Waals surface area contributed by atoms with Gasteiger partial charge in [0.15, 0.2) is 0 Å². The lowest BCUT2D eigenvalue weighted by Crippen LogP contribution is -2.17. The summed E-state index contributed by atoms with van der Waals surface area (Å²) in [4.78, 5) is 17.8. The summed E-state index contributed by atoms with van der Waals surface area (Å²) < 4.78 is 6.11. The van der Waals surface area contributed by atoms with E-state index in [9.17, 15) is 5.11 Å². The second-order valence-corrected chi connectivity index (χ2v) is 8.30. The van der Waals surface area contributed by atoms with Crippen molar-refractivity contribution in [2.24, 2.45) is 5.92 Å². The van der Waals surface area contributed by atoms with Gasteiger partial charge in [0.05, 0.1) is 17.9 Å². The van der Waals surface area contributed by atoms with Gasteiger partial charge in [-0.2, -0.15) is 4.98 Å². The number of hydrogen-bond donors (Lipinski definition) is 1. The molecule has 2 unspecified atom stereocenters. The van der Waals surface area contributed by atoms with Crippen LogP contribution in [0.3, 0.4) is 0 Å². The summed E-state index contributed by atoms with van der Waals surface area (Å²) in [6.07, 6.45) is 6.49. The first-order chi connectivity index (χ1) is 13.8. The highest BCUT2D eigenvalue weighted by Crippen LogP contribution is 2.47. The molecule has 4 rings (SSSR count). The highest BCUT2D eigenvalue weighted by atomic mass is 16.5. The van der Waals surface area contributed by atoms with E-state index >= 15 is 0 Å². The quantitative estimate of drug-likeness (QED) is 0.686. The molecular weight excluding hydrogens is 364 g/mol. The fourth-order valence-corrected chi connectivity index (χ4v) is 3.35. The topological polar surface area (TPSA) is 81.0 Å². The van der Waals surface area contributed by atoms with Crippen molar-refractivity contribution in [3.63, 3.8) is 0 Å². The molecule has 0 bridgehead atoms. The van der Waals surface area contributed by atoms with Gasteiger partial charge in [0.1, 0.15) is 11.4 Å². The van der Waals surface area contributed by atoms with Gasteiger partial charge < -0.3 is 9.84 Å². The van der Waals surface area contributed by atoms with E-state index in [0.29, 0.717) is 35.8 Å². The lowest BCUT2D eigenvalue weighted by Gasteiger charge is -2.17. The number of pyridine rings is 2. The van der Waals surface area contributed by atoms with Crippen LogP contribution in [0.25, 0.3) is 11.1 Å². The van der Waals surface area contributed by atoms with E-state index in [0.717, 1.165) is 23.2 Å². The van der Waals surface area contributed by atoms with Gasteiger partial charge in [-0.25, -0.2) is 4.98 Å². The average molecular weight is 390 g/mol. The van der Waals surface area contributed by atoms with Crippen LogP contribution in [0.2, 0.25) is 0 Å². The van der Waals surface area contributed by atoms with E-state index < -0.39 is 5.60 Å². The summed E-state index contributed by atoms with van der Waals surface area (Å²) in [6, 6.07) is 7.95. The Hall–Kier alpha value is -2.86. The van der Waals surface area contributed by atoms with E-state index in [-0.39, 0.29) is 0 Å². The highest BCUT2D eigenvalue weighted by Gasteiger charge is 2.40. The molecule has 1 saturated carbocycles. The minimum absolute atomic E-state index is 0.448. The summed E-state index contributed by atoms with van der Waals surface area (Å²) in [5, 5.41) is 10.1. The minimum Gasteiger partial charge on any atom is -0.477 e. The maximum atomic E-state index is 10.1. The lowest BCUT2D eigenvalue weighted by molar-refractivity contribution is 0.0739. The summed E-state index contributed by atoms with van der Waals surface area (Å²) in [5.74, 6) is 2.13. The standard InChI is InChI=1S/C23H26N4O2/c1-14-5-7-20(25-10-14)18-9-17(18)13-29-22-19(12-24-15(2)27-22)16-6-8-21(26-11-16)23(3,4)28/h5-8,10-12,17-18,28H,9,13H2,1-4H3.